The van der Waals surface area contributed by atoms with Crippen molar-refractivity contribution in [3.8, 4) is 5.75 Å². The average molecular weight is 329 g/mol. The van der Waals surface area contributed by atoms with Gasteiger partial charge in [-0.05, 0) is 49.2 Å². The van der Waals surface area contributed by atoms with E-state index in [1.54, 1.807) is 17.0 Å². The van der Waals surface area contributed by atoms with Gasteiger partial charge >= 0.3 is 0 Å². The molecule has 0 fully saturated rings. The van der Waals surface area contributed by atoms with Crippen LogP contribution in [-0.4, -0.2) is 16.2 Å². The Labute approximate surface area is 139 Å². The summed E-state index contributed by atoms with van der Waals surface area (Å²) < 4.78 is 7.37. The van der Waals surface area contributed by atoms with Crippen LogP contribution in [0.3, 0.4) is 0 Å². The lowest BCUT2D eigenvalue weighted by atomic mass is 10.2. The number of rotatable bonds is 5. The van der Waals surface area contributed by atoms with Crippen molar-refractivity contribution < 1.29 is 4.74 Å². The van der Waals surface area contributed by atoms with Crippen molar-refractivity contribution in [3.05, 3.63) is 69.7 Å². The minimum Gasteiger partial charge on any atom is -0.493 e. The number of halogens is 1. The van der Waals surface area contributed by atoms with Crippen LogP contribution < -0.4 is 10.3 Å². The molecule has 0 amide bonds. The second kappa shape index (κ2) is 6.84. The molecule has 118 valence electrons. The van der Waals surface area contributed by atoms with Crippen molar-refractivity contribution in [2.45, 2.75) is 19.9 Å². The fraction of sp³-hybridized carbons (Fsp3) is 0.222. The molecule has 0 spiro atoms. The van der Waals surface area contributed by atoms with Gasteiger partial charge in [-0.15, -0.1) is 0 Å². The molecule has 0 aliphatic carbocycles. The lowest BCUT2D eigenvalue weighted by Crippen LogP contribution is -2.21. The number of fused-ring (bicyclic) bond motifs is 1. The number of benzene rings is 2. The second-order valence-corrected chi connectivity index (χ2v) is 5.81. The Morgan fingerprint density at radius 2 is 2.04 bits per heavy atom. The lowest BCUT2D eigenvalue weighted by Gasteiger charge is -2.10. The average Bonchev–Trinajstić information content (AvgIpc) is 2.55. The van der Waals surface area contributed by atoms with Crippen LogP contribution in [0.25, 0.3) is 10.9 Å². The van der Waals surface area contributed by atoms with Gasteiger partial charge in [0.1, 0.15) is 5.75 Å². The minimum atomic E-state index is -0.0155. The third kappa shape index (κ3) is 3.54. The molecule has 1 aromatic heterocycles. The summed E-state index contributed by atoms with van der Waals surface area (Å²) in [7, 11) is 0. The molecule has 0 saturated carbocycles. The number of nitrogens with zero attached hydrogens (tertiary/aromatic N) is 2. The van der Waals surface area contributed by atoms with Crippen molar-refractivity contribution >= 4 is 22.5 Å². The molecule has 0 bridgehead atoms. The van der Waals surface area contributed by atoms with Crippen LogP contribution in [0.5, 0.6) is 5.75 Å². The summed E-state index contributed by atoms with van der Waals surface area (Å²) in [5.41, 5.74) is 1.71. The van der Waals surface area contributed by atoms with Gasteiger partial charge < -0.3 is 4.74 Å². The Kier molecular flexibility index (Phi) is 4.63. The van der Waals surface area contributed by atoms with Gasteiger partial charge in [0.2, 0.25) is 0 Å². The number of hydrogen-bond donors (Lipinski definition) is 0. The van der Waals surface area contributed by atoms with E-state index in [0.29, 0.717) is 23.6 Å². The van der Waals surface area contributed by atoms with Crippen LogP contribution in [0.1, 0.15) is 12.0 Å². The number of hydrogen-bond acceptors (Lipinski definition) is 3. The van der Waals surface area contributed by atoms with Gasteiger partial charge in [0, 0.05) is 11.6 Å². The first-order chi connectivity index (χ1) is 11.1. The van der Waals surface area contributed by atoms with E-state index in [2.05, 4.69) is 4.98 Å². The molecular weight excluding hydrogens is 312 g/mol. The SMILES string of the molecule is Cc1cc(Cl)ccc1OCCCn1cnc2ccccc2c1=O. The summed E-state index contributed by atoms with van der Waals surface area (Å²) in [5.74, 6) is 0.818. The maximum Gasteiger partial charge on any atom is 0.261 e. The van der Waals surface area contributed by atoms with E-state index in [1.807, 2.05) is 43.3 Å². The van der Waals surface area contributed by atoms with Gasteiger partial charge in [-0.25, -0.2) is 4.98 Å². The highest BCUT2D eigenvalue weighted by atomic mass is 35.5. The predicted molar refractivity (Wildman–Crippen MR) is 92.3 cm³/mol. The topological polar surface area (TPSA) is 44.1 Å². The van der Waals surface area contributed by atoms with Gasteiger partial charge in [0.15, 0.2) is 0 Å². The van der Waals surface area contributed by atoms with E-state index < -0.39 is 0 Å². The summed E-state index contributed by atoms with van der Waals surface area (Å²) in [6, 6.07) is 12.9. The van der Waals surface area contributed by atoms with E-state index in [4.69, 9.17) is 16.3 Å². The summed E-state index contributed by atoms with van der Waals surface area (Å²) in [5, 5.41) is 1.34. The van der Waals surface area contributed by atoms with E-state index in [-0.39, 0.29) is 5.56 Å². The third-order valence-corrected chi connectivity index (χ3v) is 3.90. The van der Waals surface area contributed by atoms with Crippen molar-refractivity contribution in [1.29, 1.82) is 0 Å². The Balaban J connectivity index is 1.63. The van der Waals surface area contributed by atoms with Gasteiger partial charge in [-0.1, -0.05) is 23.7 Å². The first-order valence-electron chi connectivity index (χ1n) is 7.48. The summed E-state index contributed by atoms with van der Waals surface area (Å²) in [6.07, 6.45) is 2.32. The van der Waals surface area contributed by atoms with Crippen LogP contribution in [0, 0.1) is 6.92 Å². The van der Waals surface area contributed by atoms with E-state index >= 15 is 0 Å². The Hall–Kier alpha value is -2.33. The van der Waals surface area contributed by atoms with Crippen molar-refractivity contribution in [3.63, 3.8) is 0 Å². The van der Waals surface area contributed by atoms with Crippen LogP contribution in [-0.2, 0) is 6.54 Å². The normalized spacial score (nSPS) is 10.9. The minimum absolute atomic E-state index is 0.0155. The molecular formula is C18H17ClN2O2. The summed E-state index contributed by atoms with van der Waals surface area (Å²) in [6.45, 7) is 3.06. The van der Waals surface area contributed by atoms with Gasteiger partial charge in [-0.2, -0.15) is 0 Å². The Bertz CT molecular complexity index is 890. The van der Waals surface area contributed by atoms with E-state index in [0.717, 1.165) is 23.3 Å². The van der Waals surface area contributed by atoms with Crippen molar-refractivity contribution in [2.24, 2.45) is 0 Å². The third-order valence-electron chi connectivity index (χ3n) is 3.67. The van der Waals surface area contributed by atoms with E-state index in [1.165, 1.54) is 0 Å². The molecule has 23 heavy (non-hydrogen) atoms. The number of aromatic nitrogens is 2. The molecule has 0 N–H and O–H groups in total. The van der Waals surface area contributed by atoms with E-state index in [9.17, 15) is 4.79 Å². The maximum absolute atomic E-state index is 12.4. The molecule has 3 aromatic rings. The van der Waals surface area contributed by atoms with Crippen molar-refractivity contribution in [2.75, 3.05) is 6.61 Å². The summed E-state index contributed by atoms with van der Waals surface area (Å²) >= 11 is 5.92. The quantitative estimate of drug-likeness (QED) is 0.669. The Morgan fingerprint density at radius 1 is 1.22 bits per heavy atom. The monoisotopic (exact) mass is 328 g/mol. The molecule has 0 atom stereocenters. The van der Waals surface area contributed by atoms with Gasteiger partial charge in [0.05, 0.1) is 23.8 Å². The smallest absolute Gasteiger partial charge is 0.261 e. The molecule has 0 aliphatic heterocycles. The van der Waals surface area contributed by atoms with Crippen LogP contribution in [0.2, 0.25) is 5.02 Å². The van der Waals surface area contributed by atoms with Crippen LogP contribution in [0.4, 0.5) is 0 Å². The highest BCUT2D eigenvalue weighted by molar-refractivity contribution is 6.30. The predicted octanol–water partition coefficient (Wildman–Crippen LogP) is 3.83. The molecule has 1 heterocycles. The van der Waals surface area contributed by atoms with Crippen LogP contribution in [0.15, 0.2) is 53.6 Å². The molecule has 0 aliphatic rings. The van der Waals surface area contributed by atoms with Crippen LogP contribution >= 0.6 is 11.6 Å². The number of aryl methyl sites for hydroxylation is 2. The maximum atomic E-state index is 12.4. The first kappa shape index (κ1) is 15.6. The van der Waals surface area contributed by atoms with Gasteiger partial charge in [0.25, 0.3) is 5.56 Å². The highest BCUT2D eigenvalue weighted by Gasteiger charge is 2.04. The molecule has 5 heteroatoms. The standard InChI is InChI=1S/C18H17ClN2O2/c1-13-11-14(19)7-8-17(13)23-10-4-9-21-12-20-16-6-3-2-5-15(16)18(21)22/h2-3,5-8,11-12H,4,9-10H2,1H3. The zero-order chi connectivity index (χ0) is 16.2. The summed E-state index contributed by atoms with van der Waals surface area (Å²) in [4.78, 5) is 16.7. The molecule has 0 saturated heterocycles. The highest BCUT2D eigenvalue weighted by Crippen LogP contribution is 2.21. The lowest BCUT2D eigenvalue weighted by molar-refractivity contribution is 0.299. The van der Waals surface area contributed by atoms with Gasteiger partial charge in [-0.3, -0.25) is 9.36 Å². The largest absolute Gasteiger partial charge is 0.493 e. The zero-order valence-electron chi connectivity index (χ0n) is 12.8. The first-order valence-corrected chi connectivity index (χ1v) is 7.86. The molecule has 0 unspecified atom stereocenters. The Morgan fingerprint density at radius 3 is 2.87 bits per heavy atom. The second-order valence-electron chi connectivity index (χ2n) is 5.37. The fourth-order valence-corrected chi connectivity index (χ4v) is 2.68. The number of para-hydroxylation sites is 1. The zero-order valence-corrected chi connectivity index (χ0v) is 13.6. The van der Waals surface area contributed by atoms with Crippen molar-refractivity contribution in [1.82, 2.24) is 9.55 Å². The molecule has 3 rings (SSSR count). The molecule has 4 nitrogen and oxygen atoms in total. The molecule has 0 radical (unpaired) electrons. The fourth-order valence-electron chi connectivity index (χ4n) is 2.46. The molecule has 2 aromatic carbocycles. The number of ether oxygens (including phenoxy) is 1.